The molecule has 0 aliphatic heterocycles. The summed E-state index contributed by atoms with van der Waals surface area (Å²) in [6.07, 6.45) is 0.652. The van der Waals surface area contributed by atoms with E-state index in [4.69, 9.17) is 5.73 Å². The highest BCUT2D eigenvalue weighted by atomic mass is 32.1. The molecule has 0 spiro atoms. The van der Waals surface area contributed by atoms with Crippen LogP contribution in [0.2, 0.25) is 0 Å². The number of nitrogens with two attached hydrogens (primary N) is 1. The fraction of sp³-hybridized carbons (Fsp3) is 0.375. The van der Waals surface area contributed by atoms with E-state index in [0.717, 1.165) is 5.56 Å². The molecule has 14 heavy (non-hydrogen) atoms. The number of thiol groups is 1. The van der Waals surface area contributed by atoms with Crippen LogP contribution in [0.15, 0.2) is 4.90 Å². The highest BCUT2D eigenvalue weighted by Crippen LogP contribution is 2.32. The van der Waals surface area contributed by atoms with Crippen molar-refractivity contribution in [3.63, 3.8) is 0 Å². The zero-order valence-electron chi connectivity index (χ0n) is 7.94. The first-order chi connectivity index (χ1) is 6.49. The molecule has 0 saturated heterocycles. The SMILES string of the molecule is CCc1c(C)nc(N)c([N+](=O)[O-])c1S. The van der Waals surface area contributed by atoms with Crippen molar-refractivity contribution in [1.82, 2.24) is 4.98 Å². The molecule has 0 aromatic carbocycles. The Hall–Kier alpha value is -1.30. The van der Waals surface area contributed by atoms with Gasteiger partial charge in [0, 0.05) is 5.69 Å². The zero-order valence-corrected chi connectivity index (χ0v) is 8.84. The van der Waals surface area contributed by atoms with Gasteiger partial charge in [-0.2, -0.15) is 0 Å². The molecule has 1 heterocycles. The number of nitro groups is 1. The molecule has 0 amide bonds. The zero-order chi connectivity index (χ0) is 10.9. The molecule has 0 unspecified atom stereocenters. The van der Waals surface area contributed by atoms with E-state index < -0.39 is 4.92 Å². The van der Waals surface area contributed by atoms with E-state index in [1.165, 1.54) is 0 Å². The van der Waals surface area contributed by atoms with Crippen molar-refractivity contribution in [2.24, 2.45) is 0 Å². The van der Waals surface area contributed by atoms with Crippen molar-refractivity contribution in [1.29, 1.82) is 0 Å². The minimum Gasteiger partial charge on any atom is -0.378 e. The lowest BCUT2D eigenvalue weighted by atomic mass is 10.1. The van der Waals surface area contributed by atoms with Crippen molar-refractivity contribution < 1.29 is 4.92 Å². The Bertz CT molecular complexity index is 393. The quantitative estimate of drug-likeness (QED) is 0.445. The number of aryl methyl sites for hydroxylation is 1. The standard InChI is InChI=1S/C8H11N3O2S/c1-3-5-4(2)10-8(9)6(7(5)14)11(12)13/h3H2,1-2H3,(H3,9,10,14). The summed E-state index contributed by atoms with van der Waals surface area (Å²) in [6.45, 7) is 3.66. The maximum atomic E-state index is 10.7. The highest BCUT2D eigenvalue weighted by molar-refractivity contribution is 7.80. The molecule has 0 saturated carbocycles. The van der Waals surface area contributed by atoms with Gasteiger partial charge in [-0.1, -0.05) is 6.92 Å². The largest absolute Gasteiger partial charge is 0.378 e. The number of anilines is 1. The van der Waals surface area contributed by atoms with E-state index in [1.807, 2.05) is 6.92 Å². The minimum atomic E-state index is -0.552. The van der Waals surface area contributed by atoms with Gasteiger partial charge < -0.3 is 5.73 Å². The second kappa shape index (κ2) is 3.83. The van der Waals surface area contributed by atoms with Crippen LogP contribution in [0.5, 0.6) is 0 Å². The summed E-state index contributed by atoms with van der Waals surface area (Å²) in [6, 6.07) is 0. The lowest BCUT2D eigenvalue weighted by Gasteiger charge is -2.07. The molecule has 0 bridgehead atoms. The van der Waals surface area contributed by atoms with Crippen LogP contribution in [0, 0.1) is 17.0 Å². The van der Waals surface area contributed by atoms with Crippen molar-refractivity contribution in [3.8, 4) is 0 Å². The number of rotatable bonds is 2. The number of pyridine rings is 1. The molecular formula is C8H11N3O2S. The van der Waals surface area contributed by atoms with Gasteiger partial charge in [0.25, 0.3) is 0 Å². The third kappa shape index (κ3) is 1.65. The first kappa shape index (κ1) is 10.8. The Morgan fingerprint density at radius 1 is 1.64 bits per heavy atom. The van der Waals surface area contributed by atoms with Gasteiger partial charge >= 0.3 is 5.69 Å². The van der Waals surface area contributed by atoms with E-state index >= 15 is 0 Å². The maximum Gasteiger partial charge on any atom is 0.324 e. The fourth-order valence-electron chi connectivity index (χ4n) is 1.34. The Morgan fingerprint density at radius 2 is 2.21 bits per heavy atom. The van der Waals surface area contributed by atoms with Crippen LogP contribution in [0.4, 0.5) is 11.5 Å². The van der Waals surface area contributed by atoms with Crippen LogP contribution in [0.1, 0.15) is 18.2 Å². The Labute approximate surface area is 86.9 Å². The minimum absolute atomic E-state index is 0.0744. The Morgan fingerprint density at radius 3 is 2.64 bits per heavy atom. The van der Waals surface area contributed by atoms with Gasteiger partial charge in [0.05, 0.1) is 9.82 Å². The van der Waals surface area contributed by atoms with Gasteiger partial charge in [0.2, 0.25) is 5.82 Å². The van der Waals surface area contributed by atoms with Gasteiger partial charge in [-0.25, -0.2) is 4.98 Å². The lowest BCUT2D eigenvalue weighted by Crippen LogP contribution is -2.04. The summed E-state index contributed by atoms with van der Waals surface area (Å²) in [5.74, 6) is -0.0744. The number of nitrogen functional groups attached to an aromatic ring is 1. The molecule has 1 rings (SSSR count). The average molecular weight is 213 g/mol. The second-order valence-corrected chi connectivity index (χ2v) is 3.32. The van der Waals surface area contributed by atoms with Crippen LogP contribution < -0.4 is 5.73 Å². The van der Waals surface area contributed by atoms with Gasteiger partial charge in [-0.15, -0.1) is 12.6 Å². The van der Waals surface area contributed by atoms with E-state index in [1.54, 1.807) is 6.92 Å². The maximum absolute atomic E-state index is 10.7. The van der Waals surface area contributed by atoms with Gasteiger partial charge in [0.1, 0.15) is 0 Å². The van der Waals surface area contributed by atoms with E-state index in [-0.39, 0.29) is 11.5 Å². The molecular weight excluding hydrogens is 202 g/mol. The molecule has 0 fully saturated rings. The fourth-order valence-corrected chi connectivity index (χ4v) is 1.86. The predicted octanol–water partition coefficient (Wildman–Crippen LogP) is 1.73. The summed E-state index contributed by atoms with van der Waals surface area (Å²) in [5, 5.41) is 10.7. The Balaban J connectivity index is 3.52. The van der Waals surface area contributed by atoms with Crippen molar-refractivity contribution in [2.45, 2.75) is 25.2 Å². The molecule has 76 valence electrons. The summed E-state index contributed by atoms with van der Waals surface area (Å²) in [7, 11) is 0. The highest BCUT2D eigenvalue weighted by Gasteiger charge is 2.21. The molecule has 0 aliphatic carbocycles. The third-order valence-electron chi connectivity index (χ3n) is 2.01. The normalized spacial score (nSPS) is 10.2. The summed E-state index contributed by atoms with van der Waals surface area (Å²) in [5.41, 5.74) is 6.71. The van der Waals surface area contributed by atoms with Crippen LogP contribution in [-0.4, -0.2) is 9.91 Å². The lowest BCUT2D eigenvalue weighted by molar-refractivity contribution is -0.387. The van der Waals surface area contributed by atoms with Gasteiger partial charge in [-0.3, -0.25) is 10.1 Å². The molecule has 5 nitrogen and oxygen atoms in total. The molecule has 0 radical (unpaired) electrons. The van der Waals surface area contributed by atoms with Crippen molar-refractivity contribution >= 4 is 24.1 Å². The second-order valence-electron chi connectivity index (χ2n) is 2.87. The third-order valence-corrected chi connectivity index (χ3v) is 2.50. The van der Waals surface area contributed by atoms with E-state index in [0.29, 0.717) is 17.0 Å². The van der Waals surface area contributed by atoms with E-state index in [2.05, 4.69) is 17.6 Å². The molecule has 1 aromatic rings. The summed E-state index contributed by atoms with van der Waals surface area (Å²) >= 11 is 4.11. The number of nitrogens with zero attached hydrogens (tertiary/aromatic N) is 2. The summed E-state index contributed by atoms with van der Waals surface area (Å²) < 4.78 is 0. The van der Waals surface area contributed by atoms with Crippen molar-refractivity contribution in [3.05, 3.63) is 21.4 Å². The Kier molecular flexibility index (Phi) is 2.95. The average Bonchev–Trinajstić information content (AvgIpc) is 2.02. The van der Waals surface area contributed by atoms with Crippen LogP contribution >= 0.6 is 12.6 Å². The van der Waals surface area contributed by atoms with E-state index in [9.17, 15) is 10.1 Å². The molecule has 2 N–H and O–H groups in total. The van der Waals surface area contributed by atoms with Crippen molar-refractivity contribution in [2.75, 3.05) is 5.73 Å². The smallest absolute Gasteiger partial charge is 0.324 e. The number of hydrogen-bond acceptors (Lipinski definition) is 5. The topological polar surface area (TPSA) is 82.0 Å². The van der Waals surface area contributed by atoms with Crippen LogP contribution in [0.3, 0.4) is 0 Å². The molecule has 0 atom stereocenters. The number of hydrogen-bond donors (Lipinski definition) is 2. The molecule has 6 heteroatoms. The predicted molar refractivity (Wildman–Crippen MR) is 56.7 cm³/mol. The van der Waals surface area contributed by atoms with Gasteiger partial charge in [-0.05, 0) is 18.9 Å². The first-order valence-corrected chi connectivity index (χ1v) is 4.56. The summed E-state index contributed by atoms with van der Waals surface area (Å²) in [4.78, 5) is 14.3. The first-order valence-electron chi connectivity index (χ1n) is 4.11. The van der Waals surface area contributed by atoms with Gasteiger partial charge in [0.15, 0.2) is 0 Å². The molecule has 0 aliphatic rings. The molecule has 1 aromatic heterocycles. The van der Waals surface area contributed by atoms with Crippen LogP contribution in [0.25, 0.3) is 0 Å². The monoisotopic (exact) mass is 213 g/mol. The number of aromatic nitrogens is 1. The van der Waals surface area contributed by atoms with Crippen LogP contribution in [-0.2, 0) is 6.42 Å².